The summed E-state index contributed by atoms with van der Waals surface area (Å²) in [5, 5.41) is 0.821. The Labute approximate surface area is 114 Å². The predicted molar refractivity (Wildman–Crippen MR) is 75.9 cm³/mol. The van der Waals surface area contributed by atoms with Gasteiger partial charge in [-0.1, -0.05) is 29.8 Å². The van der Waals surface area contributed by atoms with Gasteiger partial charge in [-0.3, -0.25) is 0 Å². The molecule has 2 N–H and O–H groups in total. The minimum atomic E-state index is 0.0406. The number of hydrogen-bond acceptors (Lipinski definition) is 2. The van der Waals surface area contributed by atoms with Crippen molar-refractivity contribution < 1.29 is 4.74 Å². The zero-order chi connectivity index (χ0) is 13.0. The maximum atomic E-state index is 6.29. The Bertz CT molecular complexity index is 388. The average Bonchev–Trinajstić information content (AvgIpc) is 2.85. The highest BCUT2D eigenvalue weighted by Crippen LogP contribution is 2.28. The minimum Gasteiger partial charge on any atom is -0.378 e. The normalized spacial score (nSPS) is 21.2. The van der Waals surface area contributed by atoms with Gasteiger partial charge in [0.05, 0.1) is 6.10 Å². The Morgan fingerprint density at radius 3 is 3.06 bits per heavy atom. The molecule has 1 aliphatic rings. The first-order valence-electron chi connectivity index (χ1n) is 6.80. The van der Waals surface area contributed by atoms with Crippen LogP contribution in [0.4, 0.5) is 0 Å². The highest BCUT2D eigenvalue weighted by Gasteiger charge is 2.16. The molecule has 0 saturated carbocycles. The minimum absolute atomic E-state index is 0.0406. The molecule has 1 saturated heterocycles. The van der Waals surface area contributed by atoms with Crippen molar-refractivity contribution in [1.82, 2.24) is 0 Å². The van der Waals surface area contributed by atoms with Crippen LogP contribution >= 0.6 is 11.6 Å². The van der Waals surface area contributed by atoms with E-state index in [1.54, 1.807) is 0 Å². The van der Waals surface area contributed by atoms with Crippen molar-refractivity contribution in [3.8, 4) is 0 Å². The molecule has 0 radical (unpaired) electrons. The molecule has 3 heteroatoms. The van der Waals surface area contributed by atoms with Crippen molar-refractivity contribution in [3.05, 3.63) is 34.3 Å². The highest BCUT2D eigenvalue weighted by molar-refractivity contribution is 6.32. The zero-order valence-electron chi connectivity index (χ0n) is 11.0. The number of nitrogens with two attached hydrogens (primary N) is 1. The molecule has 2 unspecified atom stereocenters. The molecule has 18 heavy (non-hydrogen) atoms. The monoisotopic (exact) mass is 267 g/mol. The molecule has 2 atom stereocenters. The van der Waals surface area contributed by atoms with Gasteiger partial charge in [-0.05, 0) is 50.2 Å². The van der Waals surface area contributed by atoms with Crippen LogP contribution in [0.2, 0.25) is 5.02 Å². The van der Waals surface area contributed by atoms with Crippen molar-refractivity contribution >= 4 is 11.6 Å². The van der Waals surface area contributed by atoms with E-state index in [-0.39, 0.29) is 6.04 Å². The topological polar surface area (TPSA) is 35.2 Å². The molecule has 1 fully saturated rings. The summed E-state index contributed by atoms with van der Waals surface area (Å²) in [6, 6.07) is 6.12. The summed E-state index contributed by atoms with van der Waals surface area (Å²) in [5.41, 5.74) is 8.40. The van der Waals surface area contributed by atoms with Crippen molar-refractivity contribution in [2.24, 2.45) is 5.73 Å². The van der Waals surface area contributed by atoms with Crippen molar-refractivity contribution in [2.75, 3.05) is 6.61 Å². The van der Waals surface area contributed by atoms with Crippen LogP contribution in [0.3, 0.4) is 0 Å². The molecule has 2 nitrogen and oxygen atoms in total. The summed E-state index contributed by atoms with van der Waals surface area (Å²) in [4.78, 5) is 0. The van der Waals surface area contributed by atoms with Crippen LogP contribution in [-0.4, -0.2) is 12.7 Å². The van der Waals surface area contributed by atoms with Gasteiger partial charge in [0.2, 0.25) is 0 Å². The third kappa shape index (κ3) is 3.47. The van der Waals surface area contributed by atoms with Crippen LogP contribution in [0.15, 0.2) is 18.2 Å². The summed E-state index contributed by atoms with van der Waals surface area (Å²) in [6.07, 6.45) is 6.09. The van der Waals surface area contributed by atoms with Crippen molar-refractivity contribution in [3.63, 3.8) is 0 Å². The van der Waals surface area contributed by atoms with Gasteiger partial charge >= 0.3 is 0 Å². The van der Waals surface area contributed by atoms with E-state index in [0.29, 0.717) is 6.10 Å². The van der Waals surface area contributed by atoms with Crippen LogP contribution < -0.4 is 5.73 Å². The van der Waals surface area contributed by atoms with Gasteiger partial charge in [-0.25, -0.2) is 0 Å². The van der Waals surface area contributed by atoms with E-state index >= 15 is 0 Å². The van der Waals surface area contributed by atoms with Crippen LogP contribution in [0.5, 0.6) is 0 Å². The van der Waals surface area contributed by atoms with E-state index in [9.17, 15) is 0 Å². The van der Waals surface area contributed by atoms with E-state index < -0.39 is 0 Å². The van der Waals surface area contributed by atoms with Gasteiger partial charge in [-0.15, -0.1) is 0 Å². The molecule has 0 amide bonds. The number of ether oxygens (including phenoxy) is 1. The molecule has 2 rings (SSSR count). The maximum Gasteiger partial charge on any atom is 0.0576 e. The van der Waals surface area contributed by atoms with Gasteiger partial charge in [0.25, 0.3) is 0 Å². The fourth-order valence-corrected chi connectivity index (χ4v) is 2.82. The van der Waals surface area contributed by atoms with Gasteiger partial charge in [0.15, 0.2) is 0 Å². The highest BCUT2D eigenvalue weighted by atomic mass is 35.5. The second kappa shape index (κ2) is 6.55. The van der Waals surface area contributed by atoms with Gasteiger partial charge in [0, 0.05) is 17.7 Å². The van der Waals surface area contributed by atoms with Crippen LogP contribution in [0.25, 0.3) is 0 Å². The SMILES string of the molecule is Cc1cccc(C(N)CCCC2CCCO2)c1Cl. The lowest BCUT2D eigenvalue weighted by Crippen LogP contribution is -2.13. The van der Waals surface area contributed by atoms with E-state index in [1.807, 2.05) is 25.1 Å². The Morgan fingerprint density at radius 2 is 2.33 bits per heavy atom. The fourth-order valence-electron chi connectivity index (χ4n) is 2.55. The van der Waals surface area contributed by atoms with Crippen LogP contribution in [0, 0.1) is 6.92 Å². The molecule has 1 aromatic carbocycles. The largest absolute Gasteiger partial charge is 0.378 e. The molecular weight excluding hydrogens is 246 g/mol. The molecule has 1 aliphatic heterocycles. The second-order valence-electron chi connectivity index (χ2n) is 5.15. The van der Waals surface area contributed by atoms with E-state index in [1.165, 1.54) is 12.8 Å². The quantitative estimate of drug-likeness (QED) is 0.875. The number of aryl methyl sites for hydroxylation is 1. The molecule has 0 aliphatic carbocycles. The zero-order valence-corrected chi connectivity index (χ0v) is 11.7. The van der Waals surface area contributed by atoms with Gasteiger partial charge in [-0.2, -0.15) is 0 Å². The molecule has 100 valence electrons. The van der Waals surface area contributed by atoms with Crippen molar-refractivity contribution in [2.45, 2.75) is 51.2 Å². The van der Waals surface area contributed by atoms with E-state index in [0.717, 1.165) is 42.0 Å². The third-order valence-electron chi connectivity index (χ3n) is 3.69. The summed E-state index contributed by atoms with van der Waals surface area (Å²) in [6.45, 7) is 2.95. The van der Waals surface area contributed by atoms with Gasteiger partial charge in [0.1, 0.15) is 0 Å². The summed E-state index contributed by atoms with van der Waals surface area (Å²) < 4.78 is 5.62. The number of benzene rings is 1. The molecular formula is C15H22ClNO. The Hall–Kier alpha value is -0.570. The maximum absolute atomic E-state index is 6.29. The standard InChI is InChI=1S/C15H22ClNO/c1-11-5-2-8-13(15(11)16)14(17)9-3-6-12-7-4-10-18-12/h2,5,8,12,14H,3-4,6-7,9-10,17H2,1H3. The van der Waals surface area contributed by atoms with E-state index in [4.69, 9.17) is 22.1 Å². The molecule has 0 aromatic heterocycles. The van der Waals surface area contributed by atoms with E-state index in [2.05, 4.69) is 0 Å². The number of rotatable bonds is 5. The van der Waals surface area contributed by atoms with Crippen LogP contribution in [-0.2, 0) is 4.74 Å². The fraction of sp³-hybridized carbons (Fsp3) is 0.600. The third-order valence-corrected chi connectivity index (χ3v) is 4.20. The average molecular weight is 268 g/mol. The first kappa shape index (κ1) is 13.9. The smallest absolute Gasteiger partial charge is 0.0576 e. The molecule has 0 bridgehead atoms. The Kier molecular flexibility index (Phi) is 5.04. The van der Waals surface area contributed by atoms with Gasteiger partial charge < -0.3 is 10.5 Å². The van der Waals surface area contributed by atoms with Crippen LogP contribution in [0.1, 0.15) is 49.3 Å². The molecule has 1 heterocycles. The second-order valence-corrected chi connectivity index (χ2v) is 5.53. The first-order chi connectivity index (χ1) is 8.68. The Balaban J connectivity index is 1.83. The summed E-state index contributed by atoms with van der Waals surface area (Å²) in [7, 11) is 0. The molecule has 1 aromatic rings. The lowest BCUT2D eigenvalue weighted by Gasteiger charge is -2.16. The Morgan fingerprint density at radius 1 is 1.50 bits per heavy atom. The lowest BCUT2D eigenvalue weighted by molar-refractivity contribution is 0.101. The number of halogens is 1. The predicted octanol–water partition coefficient (Wildman–Crippen LogP) is 4.00. The van der Waals surface area contributed by atoms with Crippen molar-refractivity contribution in [1.29, 1.82) is 0 Å². The summed E-state index contributed by atoms with van der Waals surface area (Å²) in [5.74, 6) is 0. The molecule has 0 spiro atoms. The number of hydrogen-bond donors (Lipinski definition) is 1. The lowest BCUT2D eigenvalue weighted by atomic mass is 9.98. The summed E-state index contributed by atoms with van der Waals surface area (Å²) >= 11 is 6.29. The first-order valence-corrected chi connectivity index (χ1v) is 7.18.